The molecule has 0 spiro atoms. The molecule has 2 rings (SSSR count). The Kier molecular flexibility index (Phi) is 2.05. The Hall–Kier alpha value is -1.69. The van der Waals surface area contributed by atoms with E-state index in [0.29, 0.717) is 10.7 Å². The molecule has 6 heteroatoms. The van der Waals surface area contributed by atoms with E-state index in [-0.39, 0.29) is 5.69 Å². The van der Waals surface area contributed by atoms with Gasteiger partial charge in [0.1, 0.15) is 10.7 Å². The van der Waals surface area contributed by atoms with Gasteiger partial charge in [0.15, 0.2) is 5.69 Å². The minimum atomic E-state index is -1.01. The quantitative estimate of drug-likeness (QED) is 0.808. The van der Waals surface area contributed by atoms with Crippen LogP contribution in [-0.2, 0) is 7.05 Å². The van der Waals surface area contributed by atoms with Gasteiger partial charge >= 0.3 is 5.97 Å². The van der Waals surface area contributed by atoms with Gasteiger partial charge in [-0.25, -0.2) is 14.8 Å². The van der Waals surface area contributed by atoms with Crippen molar-refractivity contribution in [3.63, 3.8) is 0 Å². The number of aromatic carboxylic acids is 1. The van der Waals surface area contributed by atoms with Crippen molar-refractivity contribution in [1.82, 2.24) is 14.5 Å². The minimum Gasteiger partial charge on any atom is -0.476 e. The predicted molar refractivity (Wildman–Crippen MR) is 51.3 cm³/mol. The topological polar surface area (TPSA) is 68.0 Å². The summed E-state index contributed by atoms with van der Waals surface area (Å²) in [5.41, 5.74) is 0.764. The number of carbonyl (C=O) groups is 1. The highest BCUT2D eigenvalue weighted by Gasteiger charge is 2.11. The van der Waals surface area contributed by atoms with Crippen LogP contribution in [0.25, 0.3) is 10.7 Å². The molecule has 0 aliphatic rings. The summed E-state index contributed by atoms with van der Waals surface area (Å²) >= 11 is 1.28. The van der Waals surface area contributed by atoms with Gasteiger partial charge in [0.25, 0.3) is 0 Å². The molecule has 5 nitrogen and oxygen atoms in total. The van der Waals surface area contributed by atoms with Crippen molar-refractivity contribution in [2.45, 2.75) is 0 Å². The number of hydrogen-bond donors (Lipinski definition) is 1. The first-order valence-corrected chi connectivity index (χ1v) is 4.72. The number of aromatic nitrogens is 3. The summed E-state index contributed by atoms with van der Waals surface area (Å²) in [4.78, 5) is 18.6. The molecule has 2 aromatic heterocycles. The van der Waals surface area contributed by atoms with E-state index >= 15 is 0 Å². The van der Waals surface area contributed by atoms with E-state index in [0.717, 1.165) is 0 Å². The molecule has 0 fully saturated rings. The Labute approximate surface area is 83.7 Å². The van der Waals surface area contributed by atoms with E-state index in [2.05, 4.69) is 9.97 Å². The molecule has 0 aliphatic carbocycles. The highest BCUT2D eigenvalue weighted by atomic mass is 32.1. The van der Waals surface area contributed by atoms with Crippen LogP contribution in [0.4, 0.5) is 0 Å². The second-order valence-electron chi connectivity index (χ2n) is 2.77. The fraction of sp³-hybridized carbons (Fsp3) is 0.125. The molecule has 0 bridgehead atoms. The lowest BCUT2D eigenvalue weighted by Gasteiger charge is -1.86. The predicted octanol–water partition coefficient (Wildman–Crippen LogP) is 1.24. The number of imidazole rings is 1. The zero-order valence-electron chi connectivity index (χ0n) is 7.34. The maximum Gasteiger partial charge on any atom is 0.355 e. The largest absolute Gasteiger partial charge is 0.476 e. The normalized spacial score (nSPS) is 10.4. The van der Waals surface area contributed by atoms with E-state index in [1.165, 1.54) is 16.7 Å². The van der Waals surface area contributed by atoms with Gasteiger partial charge < -0.3 is 9.67 Å². The summed E-state index contributed by atoms with van der Waals surface area (Å²) in [6.45, 7) is 0. The lowest BCUT2D eigenvalue weighted by molar-refractivity contribution is 0.0691. The summed E-state index contributed by atoms with van der Waals surface area (Å²) < 4.78 is 1.79. The molecule has 2 heterocycles. The molecular weight excluding hydrogens is 202 g/mol. The van der Waals surface area contributed by atoms with E-state index in [1.807, 2.05) is 7.05 Å². The molecule has 0 atom stereocenters. The molecule has 0 aromatic carbocycles. The number of thiazole rings is 1. The Bertz CT molecular complexity index is 474. The van der Waals surface area contributed by atoms with Gasteiger partial charge in [-0.1, -0.05) is 0 Å². The van der Waals surface area contributed by atoms with Crippen molar-refractivity contribution in [3.05, 3.63) is 23.6 Å². The van der Waals surface area contributed by atoms with Gasteiger partial charge in [-0.15, -0.1) is 11.3 Å². The van der Waals surface area contributed by atoms with Crippen molar-refractivity contribution in [1.29, 1.82) is 0 Å². The van der Waals surface area contributed by atoms with Gasteiger partial charge in [0, 0.05) is 18.6 Å². The molecule has 1 N–H and O–H groups in total. The van der Waals surface area contributed by atoms with E-state index in [4.69, 9.17) is 5.11 Å². The fourth-order valence-electron chi connectivity index (χ4n) is 1.01. The monoisotopic (exact) mass is 209 g/mol. The van der Waals surface area contributed by atoms with Crippen LogP contribution in [0.5, 0.6) is 0 Å². The SMILES string of the molecule is Cn1cnc(-c2nc(C(=O)O)cs2)c1. The number of carboxylic acids is 1. The van der Waals surface area contributed by atoms with Gasteiger partial charge in [-0.05, 0) is 0 Å². The van der Waals surface area contributed by atoms with Crippen LogP contribution in [0.1, 0.15) is 10.5 Å². The molecule has 0 saturated carbocycles. The summed E-state index contributed by atoms with van der Waals surface area (Å²) in [5.74, 6) is -1.01. The van der Waals surface area contributed by atoms with Gasteiger partial charge in [0.2, 0.25) is 0 Å². The van der Waals surface area contributed by atoms with Gasteiger partial charge in [-0.3, -0.25) is 0 Å². The molecule has 0 aliphatic heterocycles. The third kappa shape index (κ3) is 1.51. The smallest absolute Gasteiger partial charge is 0.355 e. The summed E-state index contributed by atoms with van der Waals surface area (Å²) in [5, 5.41) is 10.8. The maximum atomic E-state index is 10.6. The molecular formula is C8H7N3O2S. The zero-order chi connectivity index (χ0) is 10.1. The Morgan fingerprint density at radius 2 is 2.43 bits per heavy atom. The number of rotatable bonds is 2. The number of aryl methyl sites for hydroxylation is 1. The second kappa shape index (κ2) is 3.22. The lowest BCUT2D eigenvalue weighted by Crippen LogP contribution is -1.95. The van der Waals surface area contributed by atoms with Crippen LogP contribution in [-0.4, -0.2) is 25.6 Å². The van der Waals surface area contributed by atoms with Gasteiger partial charge in [-0.2, -0.15) is 0 Å². The highest BCUT2D eigenvalue weighted by Crippen LogP contribution is 2.21. The second-order valence-corrected chi connectivity index (χ2v) is 3.63. The fourth-order valence-corrected chi connectivity index (χ4v) is 1.77. The molecule has 0 unspecified atom stereocenters. The standard InChI is InChI=1S/C8H7N3O2S/c1-11-2-5(9-4-11)7-10-6(3-14-7)8(12)13/h2-4H,1H3,(H,12,13). The average molecular weight is 209 g/mol. The first-order chi connectivity index (χ1) is 6.66. The lowest BCUT2D eigenvalue weighted by atomic mass is 10.5. The van der Waals surface area contributed by atoms with Crippen molar-refractivity contribution in [2.75, 3.05) is 0 Å². The van der Waals surface area contributed by atoms with Crippen LogP contribution in [0.15, 0.2) is 17.9 Å². The van der Waals surface area contributed by atoms with Crippen LogP contribution in [0.3, 0.4) is 0 Å². The average Bonchev–Trinajstić information content (AvgIpc) is 2.70. The van der Waals surface area contributed by atoms with Crippen molar-refractivity contribution in [3.8, 4) is 10.7 Å². The summed E-state index contributed by atoms with van der Waals surface area (Å²) in [6.07, 6.45) is 3.45. The maximum absolute atomic E-state index is 10.6. The molecule has 14 heavy (non-hydrogen) atoms. The first-order valence-electron chi connectivity index (χ1n) is 3.84. The van der Waals surface area contributed by atoms with Crippen LogP contribution in [0.2, 0.25) is 0 Å². The van der Waals surface area contributed by atoms with E-state index in [9.17, 15) is 4.79 Å². The van der Waals surface area contributed by atoms with Crippen LogP contribution in [0, 0.1) is 0 Å². The summed E-state index contributed by atoms with van der Waals surface area (Å²) in [6, 6.07) is 0. The Morgan fingerprint density at radius 3 is 2.93 bits per heavy atom. The number of carboxylic acid groups (broad SMARTS) is 1. The summed E-state index contributed by atoms with van der Waals surface area (Å²) in [7, 11) is 1.85. The molecule has 2 aromatic rings. The highest BCUT2D eigenvalue weighted by molar-refractivity contribution is 7.13. The van der Waals surface area contributed by atoms with Crippen LogP contribution < -0.4 is 0 Å². The van der Waals surface area contributed by atoms with Crippen molar-refractivity contribution < 1.29 is 9.90 Å². The van der Waals surface area contributed by atoms with E-state index in [1.54, 1.807) is 17.1 Å². The third-order valence-electron chi connectivity index (χ3n) is 1.65. The Morgan fingerprint density at radius 1 is 1.64 bits per heavy atom. The zero-order valence-corrected chi connectivity index (χ0v) is 8.15. The van der Waals surface area contributed by atoms with Crippen molar-refractivity contribution in [2.24, 2.45) is 7.05 Å². The van der Waals surface area contributed by atoms with Gasteiger partial charge in [0.05, 0.1) is 6.33 Å². The molecule has 72 valence electrons. The third-order valence-corrected chi connectivity index (χ3v) is 2.51. The molecule has 0 radical (unpaired) electrons. The molecule has 0 amide bonds. The number of nitrogens with zero attached hydrogens (tertiary/aromatic N) is 3. The molecule has 0 saturated heterocycles. The minimum absolute atomic E-state index is 0.0654. The van der Waals surface area contributed by atoms with E-state index < -0.39 is 5.97 Å². The van der Waals surface area contributed by atoms with Crippen molar-refractivity contribution >= 4 is 17.3 Å². The van der Waals surface area contributed by atoms with Crippen LogP contribution >= 0.6 is 11.3 Å². The first kappa shape index (κ1) is 8.89. The Balaban J connectivity index is 2.38. The number of hydrogen-bond acceptors (Lipinski definition) is 4.